The molecule has 0 aliphatic carbocycles. The minimum atomic E-state index is 0.415. The van der Waals surface area contributed by atoms with E-state index in [4.69, 9.17) is 22.1 Å². The van der Waals surface area contributed by atoms with Gasteiger partial charge in [-0.15, -0.1) is 0 Å². The van der Waals surface area contributed by atoms with Gasteiger partial charge in [0.25, 0.3) is 0 Å². The molecule has 0 bridgehead atoms. The Morgan fingerprint density at radius 1 is 1.26 bits per heavy atom. The highest BCUT2D eigenvalue weighted by atomic mass is 35.5. The lowest BCUT2D eigenvalue weighted by Crippen LogP contribution is -2.06. The van der Waals surface area contributed by atoms with Gasteiger partial charge in [0.15, 0.2) is 0 Å². The largest absolute Gasteiger partial charge is 0.489 e. The molecule has 2 aromatic rings. The van der Waals surface area contributed by atoms with E-state index in [2.05, 4.69) is 4.98 Å². The fourth-order valence-corrected chi connectivity index (χ4v) is 2.05. The van der Waals surface area contributed by atoms with Crippen LogP contribution in [0, 0.1) is 13.8 Å². The van der Waals surface area contributed by atoms with E-state index in [-0.39, 0.29) is 0 Å². The molecule has 0 fully saturated rings. The van der Waals surface area contributed by atoms with E-state index < -0.39 is 0 Å². The number of nitrogens with zero attached hydrogens (tertiary/aromatic N) is 1. The number of nitrogens with two attached hydrogens (primary N) is 1. The van der Waals surface area contributed by atoms with E-state index in [9.17, 15) is 0 Å². The molecular formula is C15H17ClN2O. The lowest BCUT2D eigenvalue weighted by molar-refractivity contribution is 0.304. The van der Waals surface area contributed by atoms with Gasteiger partial charge < -0.3 is 10.5 Å². The molecule has 100 valence electrons. The van der Waals surface area contributed by atoms with Crippen LogP contribution in [0.2, 0.25) is 5.02 Å². The van der Waals surface area contributed by atoms with Gasteiger partial charge in [-0.05, 0) is 43.2 Å². The van der Waals surface area contributed by atoms with Crippen molar-refractivity contribution < 1.29 is 4.74 Å². The number of rotatable bonds is 4. The van der Waals surface area contributed by atoms with Crippen LogP contribution >= 0.6 is 11.6 Å². The van der Waals surface area contributed by atoms with Crippen molar-refractivity contribution in [2.24, 2.45) is 5.73 Å². The third kappa shape index (κ3) is 3.25. The van der Waals surface area contributed by atoms with E-state index in [0.29, 0.717) is 13.2 Å². The molecule has 0 aliphatic heterocycles. The average molecular weight is 277 g/mol. The van der Waals surface area contributed by atoms with Crippen molar-refractivity contribution in [2.45, 2.75) is 27.0 Å². The second-order valence-corrected chi connectivity index (χ2v) is 4.85. The summed E-state index contributed by atoms with van der Waals surface area (Å²) < 4.78 is 5.80. The van der Waals surface area contributed by atoms with Crippen molar-refractivity contribution in [1.82, 2.24) is 4.98 Å². The second kappa shape index (κ2) is 6.04. The molecule has 0 atom stereocenters. The summed E-state index contributed by atoms with van der Waals surface area (Å²) in [6, 6.07) is 7.74. The minimum Gasteiger partial charge on any atom is -0.489 e. The van der Waals surface area contributed by atoms with Crippen molar-refractivity contribution in [3.05, 3.63) is 57.9 Å². The Labute approximate surface area is 118 Å². The van der Waals surface area contributed by atoms with Gasteiger partial charge in [0.05, 0.1) is 5.69 Å². The Morgan fingerprint density at radius 2 is 1.95 bits per heavy atom. The van der Waals surface area contributed by atoms with Gasteiger partial charge in [-0.25, -0.2) is 0 Å². The maximum Gasteiger partial charge on any atom is 0.120 e. The number of benzene rings is 1. The molecular weight excluding hydrogens is 260 g/mol. The lowest BCUT2D eigenvalue weighted by atomic mass is 10.1. The Morgan fingerprint density at radius 3 is 2.58 bits per heavy atom. The minimum absolute atomic E-state index is 0.415. The maximum absolute atomic E-state index is 6.13. The van der Waals surface area contributed by atoms with Crippen LogP contribution in [-0.4, -0.2) is 4.98 Å². The molecule has 2 rings (SSSR count). The zero-order valence-corrected chi connectivity index (χ0v) is 11.9. The molecule has 2 N–H and O–H groups in total. The van der Waals surface area contributed by atoms with Crippen LogP contribution < -0.4 is 10.5 Å². The first-order valence-corrected chi connectivity index (χ1v) is 6.52. The van der Waals surface area contributed by atoms with Crippen molar-refractivity contribution >= 4 is 11.6 Å². The van der Waals surface area contributed by atoms with Gasteiger partial charge in [0, 0.05) is 23.3 Å². The van der Waals surface area contributed by atoms with Crippen LogP contribution in [-0.2, 0) is 13.2 Å². The number of hydrogen-bond acceptors (Lipinski definition) is 3. The van der Waals surface area contributed by atoms with Crippen molar-refractivity contribution in [2.75, 3.05) is 0 Å². The Hall–Kier alpha value is -1.58. The molecule has 1 heterocycles. The van der Waals surface area contributed by atoms with Crippen molar-refractivity contribution in [3.63, 3.8) is 0 Å². The van der Waals surface area contributed by atoms with Crippen LogP contribution in [0.25, 0.3) is 0 Å². The molecule has 0 aliphatic rings. The molecule has 19 heavy (non-hydrogen) atoms. The predicted octanol–water partition coefficient (Wildman–Crippen LogP) is 3.39. The van der Waals surface area contributed by atoms with Gasteiger partial charge in [-0.2, -0.15) is 0 Å². The summed E-state index contributed by atoms with van der Waals surface area (Å²) in [6.07, 6.45) is 1.74. The van der Waals surface area contributed by atoms with Crippen LogP contribution in [0.3, 0.4) is 0 Å². The topological polar surface area (TPSA) is 48.1 Å². The van der Waals surface area contributed by atoms with Gasteiger partial charge in [-0.1, -0.05) is 17.7 Å². The summed E-state index contributed by atoms with van der Waals surface area (Å²) in [4.78, 5) is 4.23. The Bertz CT molecular complexity index is 561. The number of aryl methyl sites for hydroxylation is 2. The Kier molecular flexibility index (Phi) is 4.40. The van der Waals surface area contributed by atoms with E-state index in [0.717, 1.165) is 33.2 Å². The quantitative estimate of drug-likeness (QED) is 0.931. The monoisotopic (exact) mass is 276 g/mol. The smallest absolute Gasteiger partial charge is 0.120 e. The summed E-state index contributed by atoms with van der Waals surface area (Å²) in [6.45, 7) is 4.81. The third-order valence-corrected chi connectivity index (χ3v) is 3.58. The van der Waals surface area contributed by atoms with Crippen LogP contribution in [0.15, 0.2) is 30.5 Å². The molecule has 0 unspecified atom stereocenters. The van der Waals surface area contributed by atoms with E-state index in [1.54, 1.807) is 6.20 Å². The van der Waals surface area contributed by atoms with Crippen LogP contribution in [0.4, 0.5) is 0 Å². The van der Waals surface area contributed by atoms with Crippen molar-refractivity contribution in [3.8, 4) is 5.75 Å². The highest BCUT2D eigenvalue weighted by Gasteiger charge is 2.06. The molecule has 1 aromatic heterocycles. The normalized spacial score (nSPS) is 10.5. The first kappa shape index (κ1) is 13.8. The van der Waals surface area contributed by atoms with Gasteiger partial charge in [0.1, 0.15) is 12.4 Å². The van der Waals surface area contributed by atoms with Gasteiger partial charge >= 0.3 is 0 Å². The predicted molar refractivity (Wildman–Crippen MR) is 77.4 cm³/mol. The summed E-state index contributed by atoms with van der Waals surface area (Å²) in [7, 11) is 0. The summed E-state index contributed by atoms with van der Waals surface area (Å²) in [5.74, 6) is 0.811. The summed E-state index contributed by atoms with van der Waals surface area (Å²) in [5, 5.41) is 0.788. The molecule has 0 saturated carbocycles. The molecule has 0 saturated heterocycles. The van der Waals surface area contributed by atoms with Crippen LogP contribution in [0.5, 0.6) is 5.75 Å². The number of pyridine rings is 1. The Balaban J connectivity index is 2.15. The summed E-state index contributed by atoms with van der Waals surface area (Å²) >= 11 is 6.13. The molecule has 4 heteroatoms. The fraction of sp³-hybridized carbons (Fsp3) is 0.267. The van der Waals surface area contributed by atoms with E-state index in [1.165, 1.54) is 0 Å². The molecule has 0 radical (unpaired) electrons. The number of aromatic nitrogens is 1. The second-order valence-electron chi connectivity index (χ2n) is 4.47. The number of ether oxygens (including phenoxy) is 1. The van der Waals surface area contributed by atoms with Gasteiger partial charge in [0.2, 0.25) is 0 Å². The zero-order valence-electron chi connectivity index (χ0n) is 11.1. The fourth-order valence-electron chi connectivity index (χ4n) is 1.94. The third-order valence-electron chi connectivity index (χ3n) is 2.98. The maximum atomic E-state index is 6.13. The molecule has 1 aromatic carbocycles. The van der Waals surface area contributed by atoms with E-state index in [1.807, 2.05) is 38.1 Å². The molecule has 0 amide bonds. The average Bonchev–Trinajstić information content (AvgIpc) is 2.42. The first-order chi connectivity index (χ1) is 9.11. The van der Waals surface area contributed by atoms with E-state index >= 15 is 0 Å². The number of halogens is 1. The highest BCUT2D eigenvalue weighted by molar-refractivity contribution is 6.32. The molecule has 3 nitrogen and oxygen atoms in total. The standard InChI is InChI=1S/C15H17ClN2O/c1-10-6-13(7-11(2)15(10)16)19-9-12-4-3-5-18-14(12)8-17/h3-7H,8-9,17H2,1-2H3. The SMILES string of the molecule is Cc1cc(OCc2cccnc2CN)cc(C)c1Cl. The number of hydrogen-bond donors (Lipinski definition) is 1. The lowest BCUT2D eigenvalue weighted by Gasteiger charge is -2.11. The highest BCUT2D eigenvalue weighted by Crippen LogP contribution is 2.26. The van der Waals surface area contributed by atoms with Crippen LogP contribution in [0.1, 0.15) is 22.4 Å². The van der Waals surface area contributed by atoms with Gasteiger partial charge in [-0.3, -0.25) is 4.98 Å². The summed E-state index contributed by atoms with van der Waals surface area (Å²) in [5.41, 5.74) is 9.56. The zero-order chi connectivity index (χ0) is 13.8. The van der Waals surface area contributed by atoms with Crippen molar-refractivity contribution in [1.29, 1.82) is 0 Å². The first-order valence-electron chi connectivity index (χ1n) is 6.14. The molecule has 0 spiro atoms.